The smallest absolute Gasteiger partial charge is 0.163 e. The summed E-state index contributed by atoms with van der Waals surface area (Å²) >= 11 is 0. The quantitative estimate of drug-likeness (QED) is 0.501. The number of carbonyl (C=O) groups excluding carboxylic acids is 1. The Hall–Kier alpha value is -2.98. The van der Waals surface area contributed by atoms with Crippen molar-refractivity contribution >= 4 is 5.78 Å². The molecule has 0 bridgehead atoms. The summed E-state index contributed by atoms with van der Waals surface area (Å²) in [7, 11) is 0. The molecule has 1 heterocycles. The molecule has 176 valence electrons. The van der Waals surface area contributed by atoms with E-state index in [-0.39, 0.29) is 23.0 Å². The zero-order chi connectivity index (χ0) is 23.9. The Labute approximate surface area is 202 Å². The summed E-state index contributed by atoms with van der Waals surface area (Å²) < 4.78 is 6.06. The summed E-state index contributed by atoms with van der Waals surface area (Å²) in [5.74, 6) is 1.12. The van der Waals surface area contributed by atoms with Crippen LogP contribution in [0.15, 0.2) is 66.9 Å². The van der Waals surface area contributed by atoms with Crippen LogP contribution in [0, 0.1) is 12.8 Å². The molecular weight excluding hydrogens is 422 g/mol. The molecule has 2 aromatic carbocycles. The van der Waals surface area contributed by atoms with Crippen molar-refractivity contribution in [2.75, 3.05) is 0 Å². The number of rotatable bonds is 5. The van der Waals surface area contributed by atoms with Crippen LogP contribution >= 0.6 is 0 Å². The summed E-state index contributed by atoms with van der Waals surface area (Å²) in [6.07, 6.45) is 4.65. The molecule has 1 N–H and O–H groups in total. The highest BCUT2D eigenvalue weighted by Gasteiger charge is 2.55. The normalized spacial score (nSPS) is 28.2. The topological polar surface area (TPSA) is 59.4 Å². The van der Waals surface area contributed by atoms with Crippen molar-refractivity contribution in [1.82, 2.24) is 4.98 Å². The van der Waals surface area contributed by atoms with Crippen molar-refractivity contribution in [3.8, 4) is 5.75 Å². The largest absolute Gasteiger partial charge is 0.489 e. The summed E-state index contributed by atoms with van der Waals surface area (Å²) in [5.41, 5.74) is 3.91. The van der Waals surface area contributed by atoms with Gasteiger partial charge in [-0.15, -0.1) is 0 Å². The van der Waals surface area contributed by atoms with Crippen LogP contribution in [-0.2, 0) is 12.0 Å². The maximum Gasteiger partial charge on any atom is 0.163 e. The van der Waals surface area contributed by atoms with Crippen molar-refractivity contribution in [3.63, 3.8) is 0 Å². The van der Waals surface area contributed by atoms with Gasteiger partial charge in [0.05, 0.1) is 5.60 Å². The van der Waals surface area contributed by atoms with E-state index in [1.165, 1.54) is 0 Å². The Balaban J connectivity index is 1.47. The predicted molar refractivity (Wildman–Crippen MR) is 133 cm³/mol. The fraction of sp³-hybridized carbons (Fsp3) is 0.400. The Morgan fingerprint density at radius 2 is 1.91 bits per heavy atom. The number of pyridine rings is 1. The highest BCUT2D eigenvalue weighted by Crippen LogP contribution is 2.58. The number of carbonyl (C=O) groups is 1. The number of aliphatic hydroxyl groups is 1. The molecule has 2 aliphatic rings. The van der Waals surface area contributed by atoms with Gasteiger partial charge in [0.25, 0.3) is 0 Å². The van der Waals surface area contributed by atoms with Gasteiger partial charge in [-0.1, -0.05) is 49.4 Å². The number of nitrogens with zero attached hydrogens (tertiary/aromatic N) is 1. The van der Waals surface area contributed by atoms with E-state index in [4.69, 9.17) is 4.74 Å². The minimum atomic E-state index is -0.849. The molecule has 0 amide bonds. The third-order valence-corrected chi connectivity index (χ3v) is 8.33. The molecule has 0 saturated heterocycles. The van der Waals surface area contributed by atoms with E-state index in [1.54, 1.807) is 6.20 Å². The van der Waals surface area contributed by atoms with Crippen LogP contribution in [0.5, 0.6) is 5.75 Å². The summed E-state index contributed by atoms with van der Waals surface area (Å²) in [4.78, 5) is 17.7. The molecule has 0 radical (unpaired) electrons. The molecule has 3 aromatic rings. The minimum Gasteiger partial charge on any atom is -0.489 e. The maximum atomic E-state index is 13.4. The first-order chi connectivity index (χ1) is 16.3. The molecule has 34 heavy (non-hydrogen) atoms. The maximum absolute atomic E-state index is 13.4. The predicted octanol–water partition coefficient (Wildman–Crippen LogP) is 6.15. The molecule has 4 nitrogen and oxygen atoms in total. The van der Waals surface area contributed by atoms with E-state index in [0.29, 0.717) is 25.2 Å². The number of aromatic nitrogens is 1. The SMILES string of the molecule is CCC12C[C@@](C)(O)C(c3ccccc3)CC1CC(=O)c1cc(OCc3cccnc3C)ccc12. The van der Waals surface area contributed by atoms with Gasteiger partial charge in [-0.3, -0.25) is 9.78 Å². The van der Waals surface area contributed by atoms with Crippen LogP contribution in [0.2, 0.25) is 0 Å². The average molecular weight is 456 g/mol. The van der Waals surface area contributed by atoms with Crippen LogP contribution in [0.25, 0.3) is 0 Å². The molecule has 1 saturated carbocycles. The molecule has 5 rings (SSSR count). The standard InChI is InChI=1S/C30H33NO3/c1-4-30-19-29(3,33)27(21-9-6-5-7-10-21)15-23(30)16-28(32)25-17-24(12-13-26(25)30)34-18-22-11-8-14-31-20(22)2/h5-14,17,23,27,33H,4,15-16,18-19H2,1-3H3/t23?,27?,29-,30?/m1/s1. The summed E-state index contributed by atoms with van der Waals surface area (Å²) in [6.45, 7) is 6.56. The Kier molecular flexibility index (Phi) is 5.81. The van der Waals surface area contributed by atoms with Gasteiger partial charge in [0.2, 0.25) is 0 Å². The van der Waals surface area contributed by atoms with E-state index in [2.05, 4.69) is 30.1 Å². The number of hydrogen-bond acceptors (Lipinski definition) is 4. The lowest BCUT2D eigenvalue weighted by Crippen LogP contribution is -2.54. The second-order valence-electron chi connectivity index (χ2n) is 10.3. The van der Waals surface area contributed by atoms with Crippen molar-refractivity contribution in [1.29, 1.82) is 0 Å². The number of aryl methyl sites for hydroxylation is 1. The number of Topliss-reactive ketones (excluding diaryl/α,β-unsaturated/α-hetero) is 1. The molecule has 3 unspecified atom stereocenters. The molecule has 4 atom stereocenters. The molecule has 1 fully saturated rings. The number of fused-ring (bicyclic) bond motifs is 3. The van der Waals surface area contributed by atoms with Gasteiger partial charge in [0.15, 0.2) is 5.78 Å². The van der Waals surface area contributed by atoms with Crippen molar-refractivity contribution in [2.45, 2.75) is 70.0 Å². The fourth-order valence-corrected chi connectivity index (χ4v) is 6.49. The molecule has 1 aromatic heterocycles. The highest BCUT2D eigenvalue weighted by atomic mass is 16.5. The zero-order valence-corrected chi connectivity index (χ0v) is 20.3. The lowest BCUT2D eigenvalue weighted by atomic mass is 9.50. The number of benzene rings is 2. The molecular formula is C30H33NO3. The van der Waals surface area contributed by atoms with Crippen LogP contribution < -0.4 is 4.74 Å². The molecule has 0 aliphatic heterocycles. The van der Waals surface area contributed by atoms with E-state index in [1.807, 2.05) is 56.3 Å². The van der Waals surface area contributed by atoms with E-state index < -0.39 is 5.60 Å². The average Bonchev–Trinajstić information content (AvgIpc) is 2.84. The first kappa shape index (κ1) is 22.8. The molecule has 2 aliphatic carbocycles. The Morgan fingerprint density at radius 1 is 1.12 bits per heavy atom. The van der Waals surface area contributed by atoms with Crippen molar-refractivity contribution in [2.24, 2.45) is 5.92 Å². The van der Waals surface area contributed by atoms with Gasteiger partial charge in [0.1, 0.15) is 12.4 Å². The van der Waals surface area contributed by atoms with Crippen LogP contribution in [0.4, 0.5) is 0 Å². The highest BCUT2D eigenvalue weighted by molar-refractivity contribution is 6.00. The Bertz CT molecular complexity index is 1200. The van der Waals surface area contributed by atoms with Crippen molar-refractivity contribution < 1.29 is 14.6 Å². The monoisotopic (exact) mass is 455 g/mol. The van der Waals surface area contributed by atoms with Gasteiger partial charge in [0, 0.05) is 40.8 Å². The third kappa shape index (κ3) is 3.84. The lowest BCUT2D eigenvalue weighted by Gasteiger charge is -2.55. The van der Waals surface area contributed by atoms with Crippen LogP contribution in [0.3, 0.4) is 0 Å². The number of hydrogen-bond donors (Lipinski definition) is 1. The third-order valence-electron chi connectivity index (χ3n) is 8.33. The van der Waals surface area contributed by atoms with Gasteiger partial charge in [-0.2, -0.15) is 0 Å². The Morgan fingerprint density at radius 3 is 2.65 bits per heavy atom. The zero-order valence-electron chi connectivity index (χ0n) is 20.3. The fourth-order valence-electron chi connectivity index (χ4n) is 6.49. The summed E-state index contributed by atoms with van der Waals surface area (Å²) in [6, 6.07) is 20.2. The molecule has 4 heteroatoms. The lowest BCUT2D eigenvalue weighted by molar-refractivity contribution is -0.0573. The second-order valence-corrected chi connectivity index (χ2v) is 10.3. The van der Waals surface area contributed by atoms with Crippen LogP contribution in [-0.4, -0.2) is 21.5 Å². The first-order valence-corrected chi connectivity index (χ1v) is 12.3. The number of ether oxygens (including phenoxy) is 1. The van der Waals surface area contributed by atoms with Gasteiger partial charge >= 0.3 is 0 Å². The number of ketones is 1. The van der Waals surface area contributed by atoms with Gasteiger partial charge in [-0.25, -0.2) is 0 Å². The second kappa shape index (κ2) is 8.66. The van der Waals surface area contributed by atoms with Gasteiger partial charge in [-0.05, 0) is 68.4 Å². The van der Waals surface area contributed by atoms with Crippen molar-refractivity contribution in [3.05, 3.63) is 94.8 Å². The van der Waals surface area contributed by atoms with E-state index in [9.17, 15) is 9.90 Å². The van der Waals surface area contributed by atoms with Gasteiger partial charge < -0.3 is 9.84 Å². The first-order valence-electron chi connectivity index (χ1n) is 12.3. The minimum absolute atomic E-state index is 0.0260. The van der Waals surface area contributed by atoms with E-state index >= 15 is 0 Å². The van der Waals surface area contributed by atoms with Crippen LogP contribution in [0.1, 0.15) is 78.2 Å². The summed E-state index contributed by atoms with van der Waals surface area (Å²) in [5, 5.41) is 11.7. The van der Waals surface area contributed by atoms with E-state index in [0.717, 1.165) is 40.8 Å². The molecule has 0 spiro atoms.